The highest BCUT2D eigenvalue weighted by Gasteiger charge is 2.24. The quantitative estimate of drug-likeness (QED) is 0.874. The van der Waals surface area contributed by atoms with Crippen LogP contribution in [0.1, 0.15) is 38.7 Å². The number of nitrogens with zero attached hydrogens (tertiary/aromatic N) is 1. The van der Waals surface area contributed by atoms with Crippen LogP contribution in [0.25, 0.3) is 0 Å². The van der Waals surface area contributed by atoms with Gasteiger partial charge in [0.05, 0.1) is 5.69 Å². The largest absolute Gasteiger partial charge is 0.380 e. The van der Waals surface area contributed by atoms with Crippen molar-refractivity contribution >= 4 is 5.69 Å². The van der Waals surface area contributed by atoms with Gasteiger partial charge in [-0.1, -0.05) is 13.0 Å². The summed E-state index contributed by atoms with van der Waals surface area (Å²) in [6.45, 7) is 9.95. The van der Waals surface area contributed by atoms with Crippen LogP contribution in [0, 0.1) is 18.7 Å². The van der Waals surface area contributed by atoms with E-state index in [1.807, 2.05) is 19.1 Å². The highest BCUT2D eigenvalue weighted by Crippen LogP contribution is 2.24. The van der Waals surface area contributed by atoms with Gasteiger partial charge in [-0.15, -0.1) is 0 Å². The Morgan fingerprint density at radius 1 is 1.45 bits per heavy atom. The summed E-state index contributed by atoms with van der Waals surface area (Å²) in [5, 5.41) is 3.38. The van der Waals surface area contributed by atoms with Gasteiger partial charge in [-0.05, 0) is 69.8 Å². The average Bonchev–Trinajstić information content (AvgIpc) is 2.43. The fourth-order valence-electron chi connectivity index (χ4n) is 3.13. The molecule has 0 amide bonds. The predicted octanol–water partition coefficient (Wildman–Crippen LogP) is 4.06. The van der Waals surface area contributed by atoms with E-state index in [0.29, 0.717) is 17.6 Å². The molecule has 1 N–H and O–H groups in total. The molecule has 0 aliphatic carbocycles. The Bertz CT molecular complexity index is 431. The van der Waals surface area contributed by atoms with E-state index in [1.165, 1.54) is 32.4 Å². The van der Waals surface area contributed by atoms with Crippen molar-refractivity contribution in [1.82, 2.24) is 4.90 Å². The van der Waals surface area contributed by atoms with Crippen molar-refractivity contribution in [1.29, 1.82) is 0 Å². The van der Waals surface area contributed by atoms with Crippen molar-refractivity contribution in [2.24, 2.45) is 5.92 Å². The molecule has 1 aromatic carbocycles. The third kappa shape index (κ3) is 3.95. The van der Waals surface area contributed by atoms with Crippen molar-refractivity contribution in [2.45, 2.75) is 46.1 Å². The van der Waals surface area contributed by atoms with Crippen molar-refractivity contribution < 1.29 is 4.39 Å². The molecule has 0 saturated carbocycles. The van der Waals surface area contributed by atoms with E-state index in [1.54, 1.807) is 6.07 Å². The van der Waals surface area contributed by atoms with Gasteiger partial charge in [-0.25, -0.2) is 4.39 Å². The molecule has 2 atom stereocenters. The Morgan fingerprint density at radius 3 is 3.00 bits per heavy atom. The number of hydrogen-bond donors (Lipinski definition) is 1. The molecule has 2 unspecified atom stereocenters. The molecule has 1 saturated heterocycles. The molecule has 112 valence electrons. The number of benzene rings is 1. The topological polar surface area (TPSA) is 15.3 Å². The molecule has 1 aromatic rings. The lowest BCUT2D eigenvalue weighted by Gasteiger charge is -2.36. The standard InChI is InChI=1S/C17H27FN2/c1-4-9-20-10-5-6-15(12-20)14(3)19-17-11-13(2)7-8-16(17)18/h7-8,11,14-15,19H,4-6,9-10,12H2,1-3H3. The fraction of sp³-hybridized carbons (Fsp3) is 0.647. The Kier molecular flexibility index (Phi) is 5.41. The van der Waals surface area contributed by atoms with Crippen LogP contribution in [-0.2, 0) is 0 Å². The van der Waals surface area contributed by atoms with Crippen molar-refractivity contribution in [2.75, 3.05) is 25.0 Å². The summed E-state index contributed by atoms with van der Waals surface area (Å²) < 4.78 is 13.8. The minimum Gasteiger partial charge on any atom is -0.380 e. The summed E-state index contributed by atoms with van der Waals surface area (Å²) >= 11 is 0. The van der Waals surface area contributed by atoms with Crippen LogP contribution in [0.4, 0.5) is 10.1 Å². The van der Waals surface area contributed by atoms with Crippen LogP contribution in [0.3, 0.4) is 0 Å². The highest BCUT2D eigenvalue weighted by atomic mass is 19.1. The summed E-state index contributed by atoms with van der Waals surface area (Å²) in [6, 6.07) is 5.58. The minimum absolute atomic E-state index is 0.149. The van der Waals surface area contributed by atoms with Gasteiger partial charge in [-0.3, -0.25) is 0 Å². The van der Waals surface area contributed by atoms with E-state index in [4.69, 9.17) is 0 Å². The second-order valence-electron chi connectivity index (χ2n) is 6.12. The molecular weight excluding hydrogens is 251 g/mol. The van der Waals surface area contributed by atoms with E-state index in [-0.39, 0.29) is 5.82 Å². The van der Waals surface area contributed by atoms with Gasteiger partial charge in [-0.2, -0.15) is 0 Å². The molecule has 2 rings (SSSR count). The van der Waals surface area contributed by atoms with Crippen LogP contribution in [0.5, 0.6) is 0 Å². The zero-order valence-corrected chi connectivity index (χ0v) is 13.0. The van der Waals surface area contributed by atoms with Crippen LogP contribution in [0.2, 0.25) is 0 Å². The zero-order chi connectivity index (χ0) is 14.5. The molecule has 1 heterocycles. The second kappa shape index (κ2) is 7.07. The summed E-state index contributed by atoms with van der Waals surface area (Å²) in [7, 11) is 0. The summed E-state index contributed by atoms with van der Waals surface area (Å²) in [5.41, 5.74) is 1.74. The number of piperidine rings is 1. The molecule has 20 heavy (non-hydrogen) atoms. The van der Waals surface area contributed by atoms with Gasteiger partial charge >= 0.3 is 0 Å². The number of aryl methyl sites for hydroxylation is 1. The van der Waals surface area contributed by atoms with Crippen molar-refractivity contribution in [3.63, 3.8) is 0 Å². The van der Waals surface area contributed by atoms with Crippen molar-refractivity contribution in [3.05, 3.63) is 29.6 Å². The summed E-state index contributed by atoms with van der Waals surface area (Å²) in [5.74, 6) is 0.457. The number of likely N-dealkylation sites (tertiary alicyclic amines) is 1. The van der Waals surface area contributed by atoms with E-state index in [9.17, 15) is 4.39 Å². The molecule has 0 aromatic heterocycles. The zero-order valence-electron chi connectivity index (χ0n) is 13.0. The first-order valence-electron chi connectivity index (χ1n) is 7.85. The van der Waals surface area contributed by atoms with Gasteiger partial charge in [0, 0.05) is 12.6 Å². The second-order valence-corrected chi connectivity index (χ2v) is 6.12. The molecule has 0 bridgehead atoms. The van der Waals surface area contributed by atoms with Gasteiger partial charge in [0.1, 0.15) is 5.82 Å². The molecule has 1 aliphatic rings. The summed E-state index contributed by atoms with van der Waals surface area (Å²) in [6.07, 6.45) is 3.70. The van der Waals surface area contributed by atoms with Gasteiger partial charge in [0.15, 0.2) is 0 Å². The SMILES string of the molecule is CCCN1CCCC(C(C)Nc2cc(C)ccc2F)C1. The lowest BCUT2D eigenvalue weighted by molar-refractivity contribution is 0.165. The molecule has 1 aliphatic heterocycles. The molecule has 3 heteroatoms. The van der Waals surface area contributed by atoms with E-state index >= 15 is 0 Å². The molecule has 1 fully saturated rings. The molecule has 2 nitrogen and oxygen atoms in total. The highest BCUT2D eigenvalue weighted by molar-refractivity contribution is 5.47. The Balaban J connectivity index is 1.96. The monoisotopic (exact) mass is 278 g/mol. The minimum atomic E-state index is -0.149. The number of anilines is 1. The number of nitrogens with one attached hydrogen (secondary N) is 1. The third-order valence-corrected chi connectivity index (χ3v) is 4.29. The van der Waals surface area contributed by atoms with Crippen LogP contribution in [-0.4, -0.2) is 30.6 Å². The smallest absolute Gasteiger partial charge is 0.146 e. The third-order valence-electron chi connectivity index (χ3n) is 4.29. The average molecular weight is 278 g/mol. The molecule has 0 spiro atoms. The van der Waals surface area contributed by atoms with E-state index in [0.717, 1.165) is 12.1 Å². The van der Waals surface area contributed by atoms with Crippen LogP contribution >= 0.6 is 0 Å². The van der Waals surface area contributed by atoms with Gasteiger partial charge in [0.25, 0.3) is 0 Å². The Hall–Kier alpha value is -1.09. The normalized spacial score (nSPS) is 21.7. The fourth-order valence-corrected chi connectivity index (χ4v) is 3.13. The maximum absolute atomic E-state index is 13.8. The van der Waals surface area contributed by atoms with Crippen LogP contribution in [0.15, 0.2) is 18.2 Å². The van der Waals surface area contributed by atoms with Crippen molar-refractivity contribution in [3.8, 4) is 0 Å². The van der Waals surface area contributed by atoms with E-state index in [2.05, 4.69) is 24.1 Å². The Labute approximate surface area is 122 Å². The van der Waals surface area contributed by atoms with E-state index < -0.39 is 0 Å². The first kappa shape index (κ1) is 15.3. The first-order chi connectivity index (χ1) is 9.60. The maximum Gasteiger partial charge on any atom is 0.146 e. The van der Waals surface area contributed by atoms with Gasteiger partial charge < -0.3 is 10.2 Å². The summed E-state index contributed by atoms with van der Waals surface area (Å²) in [4.78, 5) is 2.54. The lowest BCUT2D eigenvalue weighted by Crippen LogP contribution is -2.42. The van der Waals surface area contributed by atoms with Crippen LogP contribution < -0.4 is 5.32 Å². The number of halogens is 1. The lowest BCUT2D eigenvalue weighted by atomic mass is 9.91. The number of rotatable bonds is 5. The predicted molar refractivity (Wildman–Crippen MR) is 83.7 cm³/mol. The first-order valence-corrected chi connectivity index (χ1v) is 7.85. The number of hydrogen-bond acceptors (Lipinski definition) is 2. The molecule has 0 radical (unpaired) electrons. The Morgan fingerprint density at radius 2 is 2.25 bits per heavy atom. The maximum atomic E-state index is 13.8. The molecular formula is C17H27FN2. The van der Waals surface area contributed by atoms with Gasteiger partial charge in [0.2, 0.25) is 0 Å².